The van der Waals surface area contributed by atoms with E-state index in [4.69, 9.17) is 0 Å². The molecule has 1 saturated carbocycles. The Labute approximate surface area is 191 Å². The number of nitrogens with zero attached hydrogens (tertiary/aromatic N) is 2. The lowest BCUT2D eigenvalue weighted by molar-refractivity contribution is -0.126. The Morgan fingerprint density at radius 3 is 2.44 bits per heavy atom. The van der Waals surface area contributed by atoms with Crippen molar-refractivity contribution in [3.63, 3.8) is 0 Å². The number of hydrogen-bond acceptors (Lipinski definition) is 4. The predicted octanol–water partition coefficient (Wildman–Crippen LogP) is 3.66. The van der Waals surface area contributed by atoms with Gasteiger partial charge in [0.2, 0.25) is 0 Å². The summed E-state index contributed by atoms with van der Waals surface area (Å²) in [6.45, 7) is 7.68. The first-order valence-electron chi connectivity index (χ1n) is 11.4. The highest BCUT2D eigenvalue weighted by molar-refractivity contribution is 5.94. The molecule has 4 rings (SSSR count). The van der Waals surface area contributed by atoms with Crippen LogP contribution in [0.25, 0.3) is 0 Å². The van der Waals surface area contributed by atoms with Crippen LogP contribution >= 0.6 is 0 Å². The van der Waals surface area contributed by atoms with E-state index in [-0.39, 0.29) is 16.9 Å². The molecule has 32 heavy (non-hydrogen) atoms. The lowest BCUT2D eigenvalue weighted by Gasteiger charge is -2.25. The summed E-state index contributed by atoms with van der Waals surface area (Å²) in [6, 6.07) is 7.92. The first-order chi connectivity index (χ1) is 15.1. The molecule has 0 radical (unpaired) electrons. The zero-order valence-corrected chi connectivity index (χ0v) is 19.8. The number of carbonyl (C=O) groups excluding carboxylic acids is 1. The third-order valence-electron chi connectivity index (χ3n) is 6.85. The van der Waals surface area contributed by atoms with Gasteiger partial charge in [-0.1, -0.05) is 75.4 Å². The Kier molecular flexibility index (Phi) is 5.91. The van der Waals surface area contributed by atoms with Crippen LogP contribution in [-0.2, 0) is 10.2 Å². The largest absolute Gasteiger partial charge is 0.369 e. The van der Waals surface area contributed by atoms with Crippen LogP contribution in [0.15, 0.2) is 72.0 Å². The standard InChI is InChI=1S/C27H35N3O2/c1-26(2,3)21-10-8-20(9-11-21)24(31)28-23(25(32)30-14-6-7-15-30)17-19-12-13-27(29(4)5)18-22(27)16-19/h6-13,16-17,22,24,28,31H,14-15,18H2,1-5H3/b23-17+. The first kappa shape index (κ1) is 22.6. The van der Waals surface area contributed by atoms with Crippen LogP contribution in [0.1, 0.15) is 44.5 Å². The first-order valence-corrected chi connectivity index (χ1v) is 11.4. The second-order valence-corrected chi connectivity index (χ2v) is 10.4. The number of nitrogens with one attached hydrogen (secondary N) is 1. The van der Waals surface area contributed by atoms with E-state index in [0.717, 1.165) is 17.6 Å². The molecule has 2 N–H and O–H groups in total. The molecule has 1 aromatic rings. The molecule has 1 fully saturated rings. The van der Waals surface area contributed by atoms with Gasteiger partial charge in [0.1, 0.15) is 5.70 Å². The quantitative estimate of drug-likeness (QED) is 0.408. The number of hydrogen-bond donors (Lipinski definition) is 2. The van der Waals surface area contributed by atoms with E-state index in [2.05, 4.69) is 63.3 Å². The highest BCUT2D eigenvalue weighted by Crippen LogP contribution is 2.52. The van der Waals surface area contributed by atoms with E-state index in [9.17, 15) is 9.90 Å². The number of likely N-dealkylation sites (N-methyl/N-ethyl adjacent to an activating group) is 1. The molecule has 3 unspecified atom stereocenters. The Balaban J connectivity index is 1.55. The Hall–Kier alpha value is -2.63. The van der Waals surface area contributed by atoms with Gasteiger partial charge >= 0.3 is 0 Å². The summed E-state index contributed by atoms with van der Waals surface area (Å²) in [4.78, 5) is 17.2. The van der Waals surface area contributed by atoms with Crippen LogP contribution in [0.2, 0.25) is 0 Å². The van der Waals surface area contributed by atoms with Gasteiger partial charge in [0, 0.05) is 30.1 Å². The van der Waals surface area contributed by atoms with Crippen LogP contribution in [0, 0.1) is 5.92 Å². The van der Waals surface area contributed by atoms with Crippen molar-refractivity contribution in [1.82, 2.24) is 15.1 Å². The minimum atomic E-state index is -0.968. The normalized spacial score (nSPS) is 25.6. The summed E-state index contributed by atoms with van der Waals surface area (Å²) in [7, 11) is 4.22. The van der Waals surface area contributed by atoms with Gasteiger partial charge in [-0.2, -0.15) is 0 Å². The summed E-state index contributed by atoms with van der Waals surface area (Å²) in [5, 5.41) is 14.0. The third-order valence-corrected chi connectivity index (χ3v) is 6.85. The van der Waals surface area contributed by atoms with Crippen LogP contribution < -0.4 is 5.32 Å². The molecule has 1 amide bonds. The van der Waals surface area contributed by atoms with E-state index >= 15 is 0 Å². The lowest BCUT2D eigenvalue weighted by atomic mass is 9.86. The Morgan fingerprint density at radius 2 is 1.88 bits per heavy atom. The SMILES string of the molecule is CN(C)C12C=CC(/C=C(/NC(O)c3ccc(C(C)(C)C)cc3)C(=O)N3CC=CC3)=CC1C2. The van der Waals surface area contributed by atoms with Gasteiger partial charge in [0.25, 0.3) is 5.91 Å². The van der Waals surface area contributed by atoms with Gasteiger partial charge < -0.3 is 15.3 Å². The van der Waals surface area contributed by atoms with Gasteiger partial charge in [0.15, 0.2) is 6.23 Å². The number of fused-ring (bicyclic) bond motifs is 1. The van der Waals surface area contributed by atoms with Gasteiger partial charge in [-0.25, -0.2) is 0 Å². The van der Waals surface area contributed by atoms with Gasteiger partial charge in [0.05, 0.1) is 0 Å². The summed E-state index contributed by atoms with van der Waals surface area (Å²) in [5.41, 5.74) is 3.53. The number of allylic oxidation sites excluding steroid dienone is 3. The Bertz CT molecular complexity index is 987. The topological polar surface area (TPSA) is 55.8 Å². The van der Waals surface area contributed by atoms with Crippen LogP contribution in [0.3, 0.4) is 0 Å². The fraction of sp³-hybridized carbons (Fsp3) is 0.444. The number of amides is 1. The van der Waals surface area contributed by atoms with Crippen molar-refractivity contribution in [2.75, 3.05) is 27.2 Å². The number of aliphatic hydroxyl groups excluding tert-OH is 1. The molecule has 5 heteroatoms. The number of benzene rings is 1. The van der Waals surface area contributed by atoms with Crippen molar-refractivity contribution in [3.8, 4) is 0 Å². The lowest BCUT2D eigenvalue weighted by Crippen LogP contribution is -2.36. The predicted molar refractivity (Wildman–Crippen MR) is 129 cm³/mol. The monoisotopic (exact) mass is 433 g/mol. The van der Waals surface area contributed by atoms with Crippen molar-refractivity contribution in [3.05, 3.63) is 83.1 Å². The summed E-state index contributed by atoms with van der Waals surface area (Å²) < 4.78 is 0. The molecular weight excluding hydrogens is 398 g/mol. The molecule has 5 nitrogen and oxygen atoms in total. The maximum Gasteiger partial charge on any atom is 0.270 e. The Morgan fingerprint density at radius 1 is 1.22 bits per heavy atom. The third kappa shape index (κ3) is 4.45. The van der Waals surface area contributed by atoms with Crippen molar-refractivity contribution >= 4 is 5.91 Å². The average Bonchev–Trinajstić information content (AvgIpc) is 3.24. The second-order valence-electron chi connectivity index (χ2n) is 10.4. The van der Waals surface area contributed by atoms with Crippen molar-refractivity contribution in [2.24, 2.45) is 5.92 Å². The smallest absolute Gasteiger partial charge is 0.270 e. The molecule has 0 saturated heterocycles. The van der Waals surface area contributed by atoms with Crippen molar-refractivity contribution in [1.29, 1.82) is 0 Å². The molecule has 0 spiro atoms. The molecule has 1 aromatic carbocycles. The highest BCUT2D eigenvalue weighted by atomic mass is 16.3. The number of carbonyl (C=O) groups is 1. The molecule has 3 aliphatic rings. The van der Waals surface area contributed by atoms with Gasteiger partial charge in [-0.15, -0.1) is 0 Å². The second kappa shape index (κ2) is 8.38. The summed E-state index contributed by atoms with van der Waals surface area (Å²) in [6.07, 6.45) is 12.6. The molecular formula is C27H35N3O2. The van der Waals surface area contributed by atoms with Crippen molar-refractivity contribution in [2.45, 2.75) is 44.4 Å². The van der Waals surface area contributed by atoms with Crippen LogP contribution in [-0.4, -0.2) is 53.5 Å². The molecule has 2 aliphatic carbocycles. The van der Waals surface area contributed by atoms with E-state index in [0.29, 0.717) is 24.7 Å². The van der Waals surface area contributed by atoms with E-state index in [1.54, 1.807) is 4.90 Å². The van der Waals surface area contributed by atoms with E-state index in [1.807, 2.05) is 42.5 Å². The zero-order valence-electron chi connectivity index (χ0n) is 19.8. The van der Waals surface area contributed by atoms with Crippen LogP contribution in [0.5, 0.6) is 0 Å². The molecule has 0 aromatic heterocycles. The molecule has 0 bridgehead atoms. The zero-order chi connectivity index (χ0) is 23.1. The fourth-order valence-corrected chi connectivity index (χ4v) is 4.52. The van der Waals surface area contributed by atoms with Gasteiger partial charge in [-0.05, 0) is 43.1 Å². The highest BCUT2D eigenvalue weighted by Gasteiger charge is 2.53. The minimum absolute atomic E-state index is 0.0467. The van der Waals surface area contributed by atoms with Crippen molar-refractivity contribution < 1.29 is 9.90 Å². The molecule has 3 atom stereocenters. The number of rotatable bonds is 6. The fourth-order valence-electron chi connectivity index (χ4n) is 4.52. The molecule has 1 heterocycles. The van der Waals surface area contributed by atoms with Crippen LogP contribution in [0.4, 0.5) is 0 Å². The van der Waals surface area contributed by atoms with E-state index in [1.165, 1.54) is 5.56 Å². The average molecular weight is 434 g/mol. The maximum absolute atomic E-state index is 13.2. The summed E-state index contributed by atoms with van der Waals surface area (Å²) >= 11 is 0. The van der Waals surface area contributed by atoms with Gasteiger partial charge in [-0.3, -0.25) is 9.69 Å². The number of aliphatic hydroxyl groups is 1. The maximum atomic E-state index is 13.2. The molecule has 1 aliphatic heterocycles. The summed E-state index contributed by atoms with van der Waals surface area (Å²) in [5.74, 6) is 0.364. The molecule has 170 valence electrons. The minimum Gasteiger partial charge on any atom is -0.369 e. The van der Waals surface area contributed by atoms with E-state index < -0.39 is 6.23 Å².